The molecule has 1 N–H and O–H groups in total. The molecule has 0 radical (unpaired) electrons. The van der Waals surface area contributed by atoms with Gasteiger partial charge in [-0.1, -0.05) is 18.2 Å². The van der Waals surface area contributed by atoms with Gasteiger partial charge in [-0.15, -0.1) is 0 Å². The largest absolute Gasteiger partial charge is 0.490 e. The summed E-state index contributed by atoms with van der Waals surface area (Å²) < 4.78 is 16.8. The minimum absolute atomic E-state index is 0.341. The molecule has 38 heavy (non-hydrogen) atoms. The summed E-state index contributed by atoms with van der Waals surface area (Å²) in [6, 6.07) is 14.1. The molecule has 0 atom stereocenters. The van der Waals surface area contributed by atoms with Crippen LogP contribution < -0.4 is 24.7 Å². The fraction of sp³-hybridized carbons (Fsp3) is 0.370. The average molecular weight is 518 g/mol. The Balaban J connectivity index is 1.31. The number of benzene rings is 2. The third-order valence-corrected chi connectivity index (χ3v) is 6.15. The maximum atomic E-state index is 12.5. The van der Waals surface area contributed by atoms with Crippen molar-refractivity contribution in [3.63, 3.8) is 0 Å². The lowest BCUT2D eigenvalue weighted by Crippen LogP contribution is -2.38. The van der Waals surface area contributed by atoms with Gasteiger partial charge in [0.05, 0.1) is 31.6 Å². The van der Waals surface area contributed by atoms with Crippen LogP contribution in [0.25, 0.3) is 0 Å². The van der Waals surface area contributed by atoms with E-state index in [-0.39, 0.29) is 0 Å². The van der Waals surface area contributed by atoms with Gasteiger partial charge in [0, 0.05) is 26.2 Å². The summed E-state index contributed by atoms with van der Waals surface area (Å²) in [6.07, 6.45) is 3.88. The van der Waals surface area contributed by atoms with Crippen molar-refractivity contribution >= 4 is 30.0 Å². The zero-order valence-electron chi connectivity index (χ0n) is 21.4. The molecular weight excluding hydrogens is 486 g/mol. The second-order valence-corrected chi connectivity index (χ2v) is 8.82. The fourth-order valence-electron chi connectivity index (χ4n) is 4.22. The Morgan fingerprint density at radius 1 is 0.974 bits per heavy atom. The van der Waals surface area contributed by atoms with Gasteiger partial charge < -0.3 is 24.0 Å². The normalized spacial score (nSPS) is 15.6. The molecule has 11 nitrogen and oxygen atoms in total. The Hall–Kier alpha value is -4.25. The highest BCUT2D eigenvalue weighted by atomic mass is 16.6. The maximum Gasteiger partial charge on any atom is 0.343 e. The standard InChI is InChI=1S/C27H31N7O4/c1-2-37-23-18-20(10-11-22(23)38-24(35)21-8-4-3-5-9-21)19-28-32-25-29-26(33-12-6-7-13-33)31-27(30-25)34-14-16-36-17-15-34/h3-5,8-11,18-19H,2,6-7,12-17H2,1H3,(H,29,30,31,32)/b28-19-. The Labute approximate surface area is 221 Å². The van der Waals surface area contributed by atoms with E-state index >= 15 is 0 Å². The van der Waals surface area contributed by atoms with Gasteiger partial charge >= 0.3 is 5.97 Å². The lowest BCUT2D eigenvalue weighted by molar-refractivity contribution is 0.0728. The third kappa shape index (κ3) is 6.35. The Morgan fingerprint density at radius 2 is 1.68 bits per heavy atom. The lowest BCUT2D eigenvalue weighted by Gasteiger charge is -2.27. The van der Waals surface area contributed by atoms with Crippen LogP contribution in [-0.2, 0) is 4.74 Å². The van der Waals surface area contributed by atoms with Crippen molar-refractivity contribution in [3.05, 3.63) is 59.7 Å². The van der Waals surface area contributed by atoms with Crippen molar-refractivity contribution in [1.29, 1.82) is 0 Å². The van der Waals surface area contributed by atoms with E-state index in [4.69, 9.17) is 19.2 Å². The first-order valence-electron chi connectivity index (χ1n) is 12.9. The number of nitrogens with one attached hydrogen (secondary N) is 1. The first kappa shape index (κ1) is 25.4. The molecule has 0 saturated carbocycles. The predicted octanol–water partition coefficient (Wildman–Crippen LogP) is 3.37. The number of hydrogen-bond acceptors (Lipinski definition) is 11. The first-order valence-corrected chi connectivity index (χ1v) is 12.9. The molecule has 0 unspecified atom stereocenters. The molecule has 2 aliphatic heterocycles. The number of anilines is 3. The molecule has 198 valence electrons. The van der Waals surface area contributed by atoms with Gasteiger partial charge in [0.2, 0.25) is 17.8 Å². The molecule has 2 saturated heterocycles. The van der Waals surface area contributed by atoms with Crippen LogP contribution in [0.15, 0.2) is 53.6 Å². The van der Waals surface area contributed by atoms with Crippen molar-refractivity contribution in [2.45, 2.75) is 19.8 Å². The van der Waals surface area contributed by atoms with E-state index < -0.39 is 5.97 Å². The van der Waals surface area contributed by atoms with Crippen LogP contribution in [0, 0.1) is 0 Å². The summed E-state index contributed by atoms with van der Waals surface area (Å²) in [4.78, 5) is 30.7. The number of hydrogen-bond donors (Lipinski definition) is 1. The van der Waals surface area contributed by atoms with E-state index in [0.29, 0.717) is 54.7 Å². The number of nitrogens with zero attached hydrogens (tertiary/aromatic N) is 6. The number of carbonyl (C=O) groups excluding carboxylic acids is 1. The summed E-state index contributed by atoms with van der Waals surface area (Å²) in [6.45, 7) is 6.89. The summed E-state index contributed by atoms with van der Waals surface area (Å²) in [5, 5.41) is 4.35. The molecule has 5 rings (SSSR count). The van der Waals surface area contributed by atoms with Crippen molar-refractivity contribution in [2.24, 2.45) is 5.10 Å². The topological polar surface area (TPSA) is 114 Å². The van der Waals surface area contributed by atoms with E-state index in [1.54, 1.807) is 48.7 Å². The number of hydrazone groups is 1. The Kier molecular flexibility index (Phi) is 8.24. The van der Waals surface area contributed by atoms with Crippen molar-refractivity contribution < 1.29 is 19.0 Å². The van der Waals surface area contributed by atoms with Gasteiger partial charge in [-0.2, -0.15) is 20.1 Å². The second kappa shape index (κ2) is 12.3. The van der Waals surface area contributed by atoms with Crippen LogP contribution in [0.5, 0.6) is 11.5 Å². The Bertz CT molecular complexity index is 1260. The predicted molar refractivity (Wildman–Crippen MR) is 145 cm³/mol. The molecular formula is C27H31N7O4. The second-order valence-electron chi connectivity index (χ2n) is 8.82. The minimum Gasteiger partial charge on any atom is -0.490 e. The van der Waals surface area contributed by atoms with E-state index in [0.717, 1.165) is 44.6 Å². The molecule has 1 aromatic heterocycles. The van der Waals surface area contributed by atoms with Crippen molar-refractivity contribution in [1.82, 2.24) is 15.0 Å². The van der Waals surface area contributed by atoms with Crippen LogP contribution in [-0.4, -0.2) is 73.1 Å². The summed E-state index contributed by atoms with van der Waals surface area (Å²) >= 11 is 0. The number of rotatable bonds is 9. The highest BCUT2D eigenvalue weighted by molar-refractivity contribution is 5.91. The number of esters is 1. The molecule has 0 amide bonds. The monoisotopic (exact) mass is 517 g/mol. The van der Waals surface area contributed by atoms with Gasteiger partial charge in [0.1, 0.15) is 0 Å². The summed E-state index contributed by atoms with van der Waals surface area (Å²) in [5.41, 5.74) is 4.17. The molecule has 3 heterocycles. The molecule has 0 spiro atoms. The third-order valence-electron chi connectivity index (χ3n) is 6.15. The van der Waals surface area contributed by atoms with Crippen LogP contribution in [0.3, 0.4) is 0 Å². The molecule has 2 aromatic carbocycles. The van der Waals surface area contributed by atoms with E-state index in [1.165, 1.54) is 0 Å². The van der Waals surface area contributed by atoms with Gasteiger partial charge in [-0.05, 0) is 55.7 Å². The summed E-state index contributed by atoms with van der Waals surface area (Å²) in [7, 11) is 0. The first-order chi connectivity index (χ1) is 18.7. The maximum absolute atomic E-state index is 12.5. The van der Waals surface area contributed by atoms with Crippen molar-refractivity contribution in [3.8, 4) is 11.5 Å². The van der Waals surface area contributed by atoms with Crippen LogP contribution in [0.4, 0.5) is 17.8 Å². The molecule has 3 aromatic rings. The SMILES string of the molecule is CCOc1cc(/C=N\Nc2nc(N3CCCC3)nc(N3CCOCC3)n2)ccc1OC(=O)c1ccccc1. The molecule has 11 heteroatoms. The number of aromatic nitrogens is 3. The fourth-order valence-corrected chi connectivity index (χ4v) is 4.22. The summed E-state index contributed by atoms with van der Waals surface area (Å²) in [5.74, 6) is 1.99. The quantitative estimate of drug-likeness (QED) is 0.196. The van der Waals surface area contributed by atoms with Gasteiger partial charge in [0.15, 0.2) is 11.5 Å². The molecule has 0 bridgehead atoms. The van der Waals surface area contributed by atoms with Crippen LogP contribution in [0.2, 0.25) is 0 Å². The molecule has 0 aliphatic carbocycles. The smallest absolute Gasteiger partial charge is 0.343 e. The lowest BCUT2D eigenvalue weighted by atomic mass is 10.2. The number of ether oxygens (including phenoxy) is 3. The van der Waals surface area contributed by atoms with Crippen molar-refractivity contribution in [2.75, 3.05) is 61.2 Å². The average Bonchev–Trinajstić information content (AvgIpc) is 3.51. The highest BCUT2D eigenvalue weighted by Crippen LogP contribution is 2.29. The highest BCUT2D eigenvalue weighted by Gasteiger charge is 2.21. The zero-order chi connectivity index (χ0) is 26.2. The Morgan fingerprint density at radius 3 is 2.39 bits per heavy atom. The van der Waals surface area contributed by atoms with E-state index in [2.05, 4.69) is 30.3 Å². The van der Waals surface area contributed by atoms with Crippen LogP contribution >= 0.6 is 0 Å². The van der Waals surface area contributed by atoms with Gasteiger partial charge in [0.25, 0.3) is 0 Å². The number of morpholine rings is 1. The zero-order valence-corrected chi connectivity index (χ0v) is 21.4. The van der Waals surface area contributed by atoms with E-state index in [9.17, 15) is 4.79 Å². The van der Waals surface area contributed by atoms with E-state index in [1.807, 2.05) is 13.0 Å². The molecule has 2 fully saturated rings. The van der Waals surface area contributed by atoms with Crippen LogP contribution in [0.1, 0.15) is 35.7 Å². The molecule has 2 aliphatic rings. The van der Waals surface area contributed by atoms with Gasteiger partial charge in [-0.3, -0.25) is 0 Å². The minimum atomic E-state index is -0.450. The van der Waals surface area contributed by atoms with Gasteiger partial charge in [-0.25, -0.2) is 10.2 Å². The number of carbonyl (C=O) groups is 1.